The molecule has 0 aliphatic rings. The molecular weight excluding hydrogens is 340 g/mol. The van der Waals surface area contributed by atoms with Crippen LogP contribution in [0, 0.1) is 6.92 Å². The number of amides is 1. The third kappa shape index (κ3) is 6.11. The highest BCUT2D eigenvalue weighted by atomic mass is 32.2. The topological polar surface area (TPSA) is 84.5 Å². The molecule has 0 aromatic heterocycles. The van der Waals surface area contributed by atoms with Crippen LogP contribution in [0.15, 0.2) is 48.5 Å². The highest BCUT2D eigenvalue weighted by Gasteiger charge is 2.15. The van der Waals surface area contributed by atoms with Gasteiger partial charge in [-0.15, -0.1) is 0 Å². The molecule has 25 heavy (non-hydrogen) atoms. The molecule has 1 atom stereocenters. The van der Waals surface area contributed by atoms with Crippen molar-refractivity contribution in [3.8, 4) is 5.75 Å². The summed E-state index contributed by atoms with van der Waals surface area (Å²) in [6, 6.07) is 13.8. The number of hydrogen-bond donors (Lipinski definition) is 2. The number of carbonyl (C=O) groups is 1. The lowest BCUT2D eigenvalue weighted by molar-refractivity contribution is 0.0927. The van der Waals surface area contributed by atoms with Gasteiger partial charge in [-0.1, -0.05) is 29.8 Å². The third-order valence-corrected chi connectivity index (χ3v) is 3.96. The van der Waals surface area contributed by atoms with E-state index in [1.807, 2.05) is 38.1 Å². The molecule has 0 saturated heterocycles. The first-order chi connectivity index (χ1) is 11.7. The molecule has 2 N–H and O–H groups in total. The SMILES string of the molecule is Cc1ccc(OC[C@@H](C)NC(=O)c2ccccc2NS(C)(=O)=O)cc1. The molecule has 7 heteroatoms. The second-order valence-corrected chi connectivity index (χ2v) is 7.67. The Morgan fingerprint density at radius 3 is 2.40 bits per heavy atom. The van der Waals surface area contributed by atoms with Crippen LogP contribution in [-0.2, 0) is 10.0 Å². The molecule has 0 unspecified atom stereocenters. The Morgan fingerprint density at radius 1 is 1.12 bits per heavy atom. The van der Waals surface area contributed by atoms with Crippen LogP contribution in [0.3, 0.4) is 0 Å². The first-order valence-corrected chi connectivity index (χ1v) is 9.71. The molecule has 6 nitrogen and oxygen atoms in total. The van der Waals surface area contributed by atoms with E-state index >= 15 is 0 Å². The standard InChI is InChI=1S/C18H22N2O4S/c1-13-8-10-15(11-9-13)24-12-14(2)19-18(21)16-6-4-5-7-17(16)20-25(3,22)23/h4-11,14,20H,12H2,1-3H3,(H,19,21)/t14-/m1/s1. The Labute approximate surface area is 148 Å². The summed E-state index contributed by atoms with van der Waals surface area (Å²) in [7, 11) is -3.47. The van der Waals surface area contributed by atoms with E-state index < -0.39 is 10.0 Å². The van der Waals surface area contributed by atoms with Gasteiger partial charge in [0.15, 0.2) is 0 Å². The molecule has 2 aromatic carbocycles. The van der Waals surface area contributed by atoms with Crippen molar-refractivity contribution in [3.05, 3.63) is 59.7 Å². The largest absolute Gasteiger partial charge is 0.491 e. The Kier molecular flexibility index (Phi) is 6.03. The molecule has 0 aliphatic heterocycles. The van der Waals surface area contributed by atoms with Gasteiger partial charge < -0.3 is 10.1 Å². The van der Waals surface area contributed by atoms with Gasteiger partial charge in [-0.05, 0) is 38.1 Å². The zero-order chi connectivity index (χ0) is 18.4. The molecule has 0 radical (unpaired) electrons. The van der Waals surface area contributed by atoms with E-state index in [9.17, 15) is 13.2 Å². The quantitative estimate of drug-likeness (QED) is 0.793. The molecule has 0 aliphatic carbocycles. The lowest BCUT2D eigenvalue weighted by atomic mass is 10.1. The summed E-state index contributed by atoms with van der Waals surface area (Å²) in [5.74, 6) is 0.359. The van der Waals surface area contributed by atoms with Gasteiger partial charge in [0.05, 0.1) is 23.5 Å². The van der Waals surface area contributed by atoms with Crippen molar-refractivity contribution in [2.75, 3.05) is 17.6 Å². The van der Waals surface area contributed by atoms with Crippen LogP contribution in [0.4, 0.5) is 5.69 Å². The van der Waals surface area contributed by atoms with E-state index in [1.165, 1.54) is 0 Å². The van der Waals surface area contributed by atoms with Crippen molar-refractivity contribution in [3.63, 3.8) is 0 Å². The zero-order valence-corrected chi connectivity index (χ0v) is 15.3. The number of rotatable bonds is 7. The fraction of sp³-hybridized carbons (Fsp3) is 0.278. The van der Waals surface area contributed by atoms with Gasteiger partial charge in [-0.2, -0.15) is 0 Å². The smallest absolute Gasteiger partial charge is 0.253 e. The van der Waals surface area contributed by atoms with Gasteiger partial charge in [0.1, 0.15) is 12.4 Å². The number of nitrogens with one attached hydrogen (secondary N) is 2. The number of sulfonamides is 1. The fourth-order valence-corrected chi connectivity index (χ4v) is 2.75. The molecule has 0 saturated carbocycles. The summed E-state index contributed by atoms with van der Waals surface area (Å²) < 4.78 is 30.8. The molecule has 0 heterocycles. The molecule has 2 aromatic rings. The maximum atomic E-state index is 12.4. The van der Waals surface area contributed by atoms with Crippen molar-refractivity contribution < 1.29 is 17.9 Å². The molecule has 1 amide bonds. The minimum Gasteiger partial charge on any atom is -0.491 e. The third-order valence-electron chi connectivity index (χ3n) is 3.37. The van der Waals surface area contributed by atoms with Crippen LogP contribution in [0.25, 0.3) is 0 Å². The van der Waals surface area contributed by atoms with Crippen LogP contribution in [0.5, 0.6) is 5.75 Å². The number of aryl methyl sites for hydroxylation is 1. The summed E-state index contributed by atoms with van der Waals surface area (Å²) in [6.45, 7) is 4.11. The monoisotopic (exact) mass is 362 g/mol. The zero-order valence-electron chi connectivity index (χ0n) is 14.4. The van der Waals surface area contributed by atoms with E-state index in [4.69, 9.17) is 4.74 Å². The maximum Gasteiger partial charge on any atom is 0.253 e. The number of anilines is 1. The van der Waals surface area contributed by atoms with Crippen molar-refractivity contribution in [1.29, 1.82) is 0 Å². The van der Waals surface area contributed by atoms with Gasteiger partial charge in [0.25, 0.3) is 5.91 Å². The van der Waals surface area contributed by atoms with Crippen LogP contribution in [-0.4, -0.2) is 33.2 Å². The minimum absolute atomic E-state index is 0.245. The minimum atomic E-state index is -3.47. The lowest BCUT2D eigenvalue weighted by Gasteiger charge is -2.17. The van der Waals surface area contributed by atoms with Gasteiger partial charge >= 0.3 is 0 Å². The van der Waals surface area contributed by atoms with E-state index in [1.54, 1.807) is 24.3 Å². The second-order valence-electron chi connectivity index (χ2n) is 5.92. The van der Waals surface area contributed by atoms with Gasteiger partial charge in [0, 0.05) is 0 Å². The first kappa shape index (κ1) is 18.8. The molecule has 2 rings (SSSR count). The molecule has 134 valence electrons. The number of hydrogen-bond acceptors (Lipinski definition) is 4. The van der Waals surface area contributed by atoms with Gasteiger partial charge in [0.2, 0.25) is 10.0 Å². The van der Waals surface area contributed by atoms with Crippen molar-refractivity contribution >= 4 is 21.6 Å². The van der Waals surface area contributed by atoms with Crippen LogP contribution in [0.2, 0.25) is 0 Å². The van der Waals surface area contributed by atoms with Crippen molar-refractivity contribution in [1.82, 2.24) is 5.32 Å². The summed E-state index contributed by atoms with van der Waals surface area (Å²) in [5.41, 5.74) is 1.65. The van der Waals surface area contributed by atoms with E-state index in [0.29, 0.717) is 6.61 Å². The molecule has 0 bridgehead atoms. The summed E-state index contributed by atoms with van der Waals surface area (Å²) in [6.07, 6.45) is 1.04. The van der Waals surface area contributed by atoms with E-state index in [2.05, 4.69) is 10.0 Å². The van der Waals surface area contributed by atoms with E-state index in [0.717, 1.165) is 17.6 Å². The Balaban J connectivity index is 1.98. The summed E-state index contributed by atoms with van der Waals surface area (Å²) in [4.78, 5) is 12.4. The Morgan fingerprint density at radius 2 is 1.76 bits per heavy atom. The average Bonchev–Trinajstić information content (AvgIpc) is 2.53. The number of ether oxygens (including phenoxy) is 1. The number of carbonyl (C=O) groups excluding carboxylic acids is 1. The molecule has 0 fully saturated rings. The summed E-state index contributed by atoms with van der Waals surface area (Å²) >= 11 is 0. The van der Waals surface area contributed by atoms with Crippen molar-refractivity contribution in [2.45, 2.75) is 19.9 Å². The first-order valence-electron chi connectivity index (χ1n) is 7.82. The predicted octanol–water partition coefficient (Wildman–Crippen LogP) is 2.56. The van der Waals surface area contributed by atoms with Crippen LogP contribution >= 0.6 is 0 Å². The van der Waals surface area contributed by atoms with Crippen LogP contribution in [0.1, 0.15) is 22.8 Å². The van der Waals surface area contributed by atoms with Crippen LogP contribution < -0.4 is 14.8 Å². The van der Waals surface area contributed by atoms with Crippen molar-refractivity contribution in [2.24, 2.45) is 0 Å². The predicted molar refractivity (Wildman–Crippen MR) is 98.5 cm³/mol. The number of para-hydroxylation sites is 1. The fourth-order valence-electron chi connectivity index (χ4n) is 2.17. The summed E-state index contributed by atoms with van der Waals surface area (Å²) in [5, 5.41) is 2.81. The van der Waals surface area contributed by atoms with E-state index in [-0.39, 0.29) is 23.2 Å². The normalized spacial score (nSPS) is 12.3. The lowest BCUT2D eigenvalue weighted by Crippen LogP contribution is -2.37. The van der Waals surface area contributed by atoms with Gasteiger partial charge in [-0.3, -0.25) is 9.52 Å². The molecule has 0 spiro atoms. The number of benzene rings is 2. The average molecular weight is 362 g/mol. The van der Waals surface area contributed by atoms with Gasteiger partial charge in [-0.25, -0.2) is 8.42 Å². The second kappa shape index (κ2) is 8.02. The highest BCUT2D eigenvalue weighted by Crippen LogP contribution is 2.16. The Hall–Kier alpha value is -2.54. The Bertz CT molecular complexity index is 832. The maximum absolute atomic E-state index is 12.4. The highest BCUT2D eigenvalue weighted by molar-refractivity contribution is 7.92. The molecular formula is C18H22N2O4S.